The second kappa shape index (κ2) is 4.76. The van der Waals surface area contributed by atoms with E-state index >= 15 is 0 Å². The van der Waals surface area contributed by atoms with Crippen molar-refractivity contribution in [1.82, 2.24) is 0 Å². The van der Waals surface area contributed by atoms with Crippen LogP contribution in [0, 0.1) is 3.57 Å². The van der Waals surface area contributed by atoms with Gasteiger partial charge in [0.1, 0.15) is 11.9 Å². The van der Waals surface area contributed by atoms with Crippen LogP contribution in [-0.2, 0) is 4.74 Å². The lowest BCUT2D eigenvalue weighted by molar-refractivity contribution is -0.153. The second-order valence-electron chi connectivity index (χ2n) is 5.05. The molecule has 0 aromatic heterocycles. The van der Waals surface area contributed by atoms with Crippen molar-refractivity contribution in [2.24, 2.45) is 0 Å². The maximum Gasteiger partial charge on any atom is 0.133 e. The van der Waals surface area contributed by atoms with E-state index in [2.05, 4.69) is 34.7 Å². The first-order valence-corrected chi connectivity index (χ1v) is 7.40. The molecule has 0 N–H and O–H groups in total. The van der Waals surface area contributed by atoms with Crippen molar-refractivity contribution in [3.05, 3.63) is 27.8 Å². The van der Waals surface area contributed by atoms with Gasteiger partial charge in [0.05, 0.1) is 15.8 Å². The van der Waals surface area contributed by atoms with E-state index in [0.717, 1.165) is 25.2 Å². The van der Waals surface area contributed by atoms with Crippen LogP contribution in [0.3, 0.4) is 0 Å². The van der Waals surface area contributed by atoms with E-state index < -0.39 is 0 Å². The Balaban J connectivity index is 1.67. The molecular formula is C14H17IO2. The zero-order chi connectivity index (χ0) is 11.7. The first kappa shape index (κ1) is 11.8. The summed E-state index contributed by atoms with van der Waals surface area (Å²) in [5.41, 5.74) is 0.170. The third-order valence-electron chi connectivity index (χ3n) is 3.84. The predicted octanol–water partition coefficient (Wildman–Crippen LogP) is 3.77. The molecule has 3 rings (SSSR count). The molecular weight excluding hydrogens is 327 g/mol. The van der Waals surface area contributed by atoms with Gasteiger partial charge in [0.25, 0.3) is 0 Å². The van der Waals surface area contributed by atoms with Crippen LogP contribution < -0.4 is 4.74 Å². The van der Waals surface area contributed by atoms with Gasteiger partial charge < -0.3 is 9.47 Å². The third-order valence-corrected chi connectivity index (χ3v) is 4.73. The van der Waals surface area contributed by atoms with Gasteiger partial charge in [0.15, 0.2) is 0 Å². The van der Waals surface area contributed by atoms with E-state index in [-0.39, 0.29) is 5.60 Å². The lowest BCUT2D eigenvalue weighted by atomic mass is 9.74. The topological polar surface area (TPSA) is 18.5 Å². The predicted molar refractivity (Wildman–Crippen MR) is 75.3 cm³/mol. The van der Waals surface area contributed by atoms with Gasteiger partial charge in [-0.1, -0.05) is 12.1 Å². The Kier molecular flexibility index (Phi) is 3.30. The minimum atomic E-state index is 0.170. The smallest absolute Gasteiger partial charge is 0.133 e. The van der Waals surface area contributed by atoms with Crippen LogP contribution in [0.2, 0.25) is 0 Å². The van der Waals surface area contributed by atoms with E-state index in [9.17, 15) is 0 Å². The van der Waals surface area contributed by atoms with Crippen LogP contribution in [0.15, 0.2) is 24.3 Å². The van der Waals surface area contributed by atoms with Gasteiger partial charge in [-0.2, -0.15) is 0 Å². The Morgan fingerprint density at radius 1 is 1.29 bits per heavy atom. The average molecular weight is 344 g/mol. The fraction of sp³-hybridized carbons (Fsp3) is 0.571. The maximum absolute atomic E-state index is 6.13. The summed E-state index contributed by atoms with van der Waals surface area (Å²) in [7, 11) is 0. The Bertz CT molecular complexity index is 401. The first-order chi connectivity index (χ1) is 8.27. The number of benzene rings is 1. The highest BCUT2D eigenvalue weighted by Crippen LogP contribution is 2.43. The number of hydrogen-bond acceptors (Lipinski definition) is 2. The van der Waals surface area contributed by atoms with Crippen molar-refractivity contribution in [3.8, 4) is 5.75 Å². The number of hydrogen-bond donors (Lipinski definition) is 0. The highest BCUT2D eigenvalue weighted by molar-refractivity contribution is 14.1. The van der Waals surface area contributed by atoms with Crippen LogP contribution in [0.1, 0.15) is 32.1 Å². The molecule has 2 aliphatic rings. The fourth-order valence-electron chi connectivity index (χ4n) is 2.72. The normalized spacial score (nSPS) is 26.5. The molecule has 0 bridgehead atoms. The second-order valence-corrected chi connectivity index (χ2v) is 6.21. The van der Waals surface area contributed by atoms with Gasteiger partial charge in [-0.05, 0) is 54.0 Å². The standard InChI is InChI=1S/C14H17IO2/c15-12-4-1-2-5-13(12)17-11-6-9-16-14(10-11)7-3-8-14/h1-2,4-5,11H,3,6-10H2. The Morgan fingerprint density at radius 2 is 2.12 bits per heavy atom. The summed E-state index contributed by atoms with van der Waals surface area (Å²) in [6.07, 6.45) is 6.18. The summed E-state index contributed by atoms with van der Waals surface area (Å²) in [6, 6.07) is 8.24. The highest BCUT2D eigenvalue weighted by Gasteiger charge is 2.43. The molecule has 1 unspecified atom stereocenters. The fourth-order valence-corrected chi connectivity index (χ4v) is 3.24. The number of halogens is 1. The molecule has 1 aliphatic heterocycles. The summed E-state index contributed by atoms with van der Waals surface area (Å²) in [4.78, 5) is 0. The molecule has 1 heterocycles. The lowest BCUT2D eigenvalue weighted by Crippen LogP contribution is -2.48. The summed E-state index contributed by atoms with van der Waals surface area (Å²) >= 11 is 2.33. The highest BCUT2D eigenvalue weighted by atomic mass is 127. The van der Waals surface area contributed by atoms with Gasteiger partial charge in [-0.3, -0.25) is 0 Å². The minimum Gasteiger partial charge on any atom is -0.489 e. The van der Waals surface area contributed by atoms with Gasteiger partial charge in [0, 0.05) is 12.8 Å². The monoisotopic (exact) mass is 344 g/mol. The molecule has 1 atom stereocenters. The molecule has 2 nitrogen and oxygen atoms in total. The molecule has 2 fully saturated rings. The maximum atomic E-state index is 6.13. The number of para-hydroxylation sites is 1. The van der Waals surface area contributed by atoms with Crippen molar-refractivity contribution in [2.45, 2.75) is 43.8 Å². The van der Waals surface area contributed by atoms with Crippen molar-refractivity contribution < 1.29 is 9.47 Å². The molecule has 0 amide bonds. The van der Waals surface area contributed by atoms with Crippen LogP contribution in [0.4, 0.5) is 0 Å². The molecule has 1 aromatic carbocycles. The minimum absolute atomic E-state index is 0.170. The largest absolute Gasteiger partial charge is 0.489 e. The number of rotatable bonds is 2. The van der Waals surface area contributed by atoms with E-state index in [1.54, 1.807) is 0 Å². The van der Waals surface area contributed by atoms with E-state index in [0.29, 0.717) is 6.10 Å². The van der Waals surface area contributed by atoms with Crippen molar-refractivity contribution in [3.63, 3.8) is 0 Å². The summed E-state index contributed by atoms with van der Waals surface area (Å²) in [5.74, 6) is 1.02. The third kappa shape index (κ3) is 2.45. The Hall–Kier alpha value is -0.290. The van der Waals surface area contributed by atoms with E-state index in [1.165, 1.54) is 22.8 Å². The molecule has 3 heteroatoms. The van der Waals surface area contributed by atoms with Crippen molar-refractivity contribution in [2.75, 3.05) is 6.61 Å². The molecule has 92 valence electrons. The van der Waals surface area contributed by atoms with Crippen LogP contribution in [0.25, 0.3) is 0 Å². The van der Waals surface area contributed by atoms with Crippen molar-refractivity contribution in [1.29, 1.82) is 0 Å². The number of ether oxygens (including phenoxy) is 2. The van der Waals surface area contributed by atoms with Gasteiger partial charge >= 0.3 is 0 Å². The molecule has 1 saturated carbocycles. The summed E-state index contributed by atoms with van der Waals surface area (Å²) < 4.78 is 13.2. The Labute approximate surface area is 116 Å². The molecule has 1 aromatic rings. The average Bonchev–Trinajstić information content (AvgIpc) is 2.31. The zero-order valence-corrected chi connectivity index (χ0v) is 12.0. The first-order valence-electron chi connectivity index (χ1n) is 6.33. The lowest BCUT2D eigenvalue weighted by Gasteiger charge is -2.46. The van der Waals surface area contributed by atoms with Gasteiger partial charge in [-0.25, -0.2) is 0 Å². The molecule has 0 radical (unpaired) electrons. The molecule has 1 spiro atoms. The van der Waals surface area contributed by atoms with Crippen molar-refractivity contribution >= 4 is 22.6 Å². The van der Waals surface area contributed by atoms with E-state index in [1.807, 2.05) is 12.1 Å². The zero-order valence-electron chi connectivity index (χ0n) is 9.82. The Morgan fingerprint density at radius 3 is 2.82 bits per heavy atom. The quantitative estimate of drug-likeness (QED) is 0.761. The molecule has 1 aliphatic carbocycles. The molecule has 17 heavy (non-hydrogen) atoms. The summed E-state index contributed by atoms with van der Waals surface area (Å²) in [5, 5.41) is 0. The summed E-state index contributed by atoms with van der Waals surface area (Å²) in [6.45, 7) is 0.855. The van der Waals surface area contributed by atoms with E-state index in [4.69, 9.17) is 9.47 Å². The van der Waals surface area contributed by atoms with Crippen LogP contribution in [0.5, 0.6) is 5.75 Å². The van der Waals surface area contributed by atoms with Crippen LogP contribution in [-0.4, -0.2) is 18.3 Å². The van der Waals surface area contributed by atoms with Gasteiger partial charge in [0.2, 0.25) is 0 Å². The SMILES string of the molecule is Ic1ccccc1OC1CCOC2(CCC2)C1. The molecule has 1 saturated heterocycles. The van der Waals surface area contributed by atoms with Gasteiger partial charge in [-0.15, -0.1) is 0 Å². The van der Waals surface area contributed by atoms with Crippen LogP contribution >= 0.6 is 22.6 Å².